The zero-order valence-electron chi connectivity index (χ0n) is 10.8. The standard InChI is InChI=1S/C14H19FN2O/c1-9-3-4-11(8-13(9)15)14(18)17-12-5-6-16-10(2)7-12/h3-4,8,10,12,16H,5-7H2,1-2H3,(H,17,18). The molecule has 0 bridgehead atoms. The summed E-state index contributed by atoms with van der Waals surface area (Å²) in [6.45, 7) is 4.70. The minimum Gasteiger partial charge on any atom is -0.349 e. The topological polar surface area (TPSA) is 41.1 Å². The molecule has 3 nitrogen and oxygen atoms in total. The number of carbonyl (C=O) groups is 1. The van der Waals surface area contributed by atoms with Gasteiger partial charge in [-0.05, 0) is 50.9 Å². The lowest BCUT2D eigenvalue weighted by Gasteiger charge is -2.28. The molecule has 2 unspecified atom stereocenters. The molecule has 98 valence electrons. The van der Waals surface area contributed by atoms with E-state index in [1.54, 1.807) is 19.1 Å². The van der Waals surface area contributed by atoms with Gasteiger partial charge in [-0.15, -0.1) is 0 Å². The molecule has 2 N–H and O–H groups in total. The Morgan fingerprint density at radius 1 is 1.50 bits per heavy atom. The van der Waals surface area contributed by atoms with Gasteiger partial charge in [0.2, 0.25) is 0 Å². The summed E-state index contributed by atoms with van der Waals surface area (Å²) >= 11 is 0. The Balaban J connectivity index is 2.00. The maximum absolute atomic E-state index is 13.4. The highest BCUT2D eigenvalue weighted by atomic mass is 19.1. The highest BCUT2D eigenvalue weighted by Crippen LogP contribution is 2.12. The second kappa shape index (κ2) is 5.48. The van der Waals surface area contributed by atoms with Crippen LogP contribution in [0.15, 0.2) is 18.2 Å². The quantitative estimate of drug-likeness (QED) is 0.843. The van der Waals surface area contributed by atoms with Gasteiger partial charge in [-0.2, -0.15) is 0 Å². The van der Waals surface area contributed by atoms with Crippen molar-refractivity contribution < 1.29 is 9.18 Å². The van der Waals surface area contributed by atoms with Gasteiger partial charge in [0.15, 0.2) is 0 Å². The number of hydrogen-bond donors (Lipinski definition) is 2. The minimum atomic E-state index is -0.332. The van der Waals surface area contributed by atoms with Crippen molar-refractivity contribution >= 4 is 5.91 Å². The third-order valence-corrected chi connectivity index (χ3v) is 3.39. The van der Waals surface area contributed by atoms with Crippen molar-refractivity contribution in [2.45, 2.75) is 38.8 Å². The van der Waals surface area contributed by atoms with Crippen LogP contribution in [0, 0.1) is 12.7 Å². The van der Waals surface area contributed by atoms with Gasteiger partial charge in [-0.25, -0.2) is 4.39 Å². The molecule has 0 spiro atoms. The first-order valence-electron chi connectivity index (χ1n) is 6.36. The molecule has 0 radical (unpaired) electrons. The van der Waals surface area contributed by atoms with Gasteiger partial charge in [0.25, 0.3) is 5.91 Å². The van der Waals surface area contributed by atoms with E-state index >= 15 is 0 Å². The summed E-state index contributed by atoms with van der Waals surface area (Å²) in [5, 5.41) is 6.30. The molecule has 1 aliphatic rings. The fourth-order valence-corrected chi connectivity index (χ4v) is 2.27. The van der Waals surface area contributed by atoms with Gasteiger partial charge in [-0.3, -0.25) is 4.79 Å². The Morgan fingerprint density at radius 2 is 2.28 bits per heavy atom. The van der Waals surface area contributed by atoms with Crippen molar-refractivity contribution in [3.05, 3.63) is 35.1 Å². The zero-order valence-corrected chi connectivity index (χ0v) is 10.8. The van der Waals surface area contributed by atoms with E-state index in [1.807, 2.05) is 0 Å². The van der Waals surface area contributed by atoms with E-state index in [0.717, 1.165) is 19.4 Å². The highest BCUT2D eigenvalue weighted by molar-refractivity contribution is 5.94. The van der Waals surface area contributed by atoms with Crippen LogP contribution in [0.25, 0.3) is 0 Å². The van der Waals surface area contributed by atoms with E-state index in [4.69, 9.17) is 0 Å². The van der Waals surface area contributed by atoms with Crippen molar-refractivity contribution in [3.8, 4) is 0 Å². The first-order valence-corrected chi connectivity index (χ1v) is 6.36. The number of aryl methyl sites for hydroxylation is 1. The number of halogens is 1. The number of nitrogens with one attached hydrogen (secondary N) is 2. The first-order chi connectivity index (χ1) is 8.56. The lowest BCUT2D eigenvalue weighted by atomic mass is 10.00. The van der Waals surface area contributed by atoms with E-state index in [0.29, 0.717) is 17.2 Å². The van der Waals surface area contributed by atoms with Crippen molar-refractivity contribution in [3.63, 3.8) is 0 Å². The fourth-order valence-electron chi connectivity index (χ4n) is 2.27. The Hall–Kier alpha value is -1.42. The summed E-state index contributed by atoms with van der Waals surface area (Å²) in [4.78, 5) is 12.0. The first kappa shape index (κ1) is 13.0. The third-order valence-electron chi connectivity index (χ3n) is 3.39. The average Bonchev–Trinajstić information content (AvgIpc) is 2.32. The second-order valence-corrected chi connectivity index (χ2v) is 5.01. The van der Waals surface area contributed by atoms with Crippen molar-refractivity contribution in [2.24, 2.45) is 0 Å². The number of benzene rings is 1. The average molecular weight is 250 g/mol. The van der Waals surface area contributed by atoms with Gasteiger partial charge in [0, 0.05) is 17.6 Å². The lowest BCUT2D eigenvalue weighted by Crippen LogP contribution is -2.46. The van der Waals surface area contributed by atoms with Gasteiger partial charge >= 0.3 is 0 Å². The molecule has 1 aliphatic heterocycles. The predicted molar refractivity (Wildman–Crippen MR) is 69.1 cm³/mol. The van der Waals surface area contributed by atoms with Crippen LogP contribution >= 0.6 is 0 Å². The summed E-state index contributed by atoms with van der Waals surface area (Å²) in [5.74, 6) is -0.519. The molecular formula is C14H19FN2O. The number of amides is 1. The Bertz CT molecular complexity index is 447. The van der Waals surface area contributed by atoms with E-state index in [1.165, 1.54) is 6.07 Å². The number of carbonyl (C=O) groups excluding carboxylic acids is 1. The van der Waals surface area contributed by atoms with Crippen molar-refractivity contribution in [1.82, 2.24) is 10.6 Å². The molecule has 18 heavy (non-hydrogen) atoms. The van der Waals surface area contributed by atoms with Crippen LogP contribution in [-0.4, -0.2) is 24.5 Å². The van der Waals surface area contributed by atoms with E-state index in [9.17, 15) is 9.18 Å². The van der Waals surface area contributed by atoms with Crippen molar-refractivity contribution in [1.29, 1.82) is 0 Å². The molecule has 1 aromatic carbocycles. The molecule has 1 fully saturated rings. The summed E-state index contributed by atoms with van der Waals surface area (Å²) in [5.41, 5.74) is 0.950. The fraction of sp³-hybridized carbons (Fsp3) is 0.500. The lowest BCUT2D eigenvalue weighted by molar-refractivity contribution is 0.0925. The monoisotopic (exact) mass is 250 g/mol. The highest BCUT2D eigenvalue weighted by Gasteiger charge is 2.20. The Labute approximate surface area is 107 Å². The number of rotatable bonds is 2. The Kier molecular flexibility index (Phi) is 3.97. The van der Waals surface area contributed by atoms with Crippen LogP contribution in [-0.2, 0) is 0 Å². The van der Waals surface area contributed by atoms with Crippen LogP contribution in [0.3, 0.4) is 0 Å². The maximum atomic E-state index is 13.4. The number of piperidine rings is 1. The SMILES string of the molecule is Cc1ccc(C(=O)NC2CCNC(C)C2)cc1F. The molecule has 1 aromatic rings. The minimum absolute atomic E-state index is 0.179. The smallest absolute Gasteiger partial charge is 0.251 e. The van der Waals surface area contributed by atoms with Gasteiger partial charge < -0.3 is 10.6 Å². The zero-order chi connectivity index (χ0) is 13.1. The van der Waals surface area contributed by atoms with E-state index < -0.39 is 0 Å². The predicted octanol–water partition coefficient (Wildman–Crippen LogP) is 2.00. The normalized spacial score (nSPS) is 23.7. The third kappa shape index (κ3) is 3.07. The molecule has 2 atom stereocenters. The maximum Gasteiger partial charge on any atom is 0.251 e. The largest absolute Gasteiger partial charge is 0.349 e. The molecule has 4 heteroatoms. The molecule has 0 aliphatic carbocycles. The van der Waals surface area contributed by atoms with Crippen LogP contribution in [0.1, 0.15) is 35.7 Å². The summed E-state index contributed by atoms with van der Waals surface area (Å²) in [7, 11) is 0. The summed E-state index contributed by atoms with van der Waals surface area (Å²) in [6.07, 6.45) is 1.84. The van der Waals surface area contributed by atoms with Crippen LogP contribution in [0.5, 0.6) is 0 Å². The van der Waals surface area contributed by atoms with Gasteiger partial charge in [-0.1, -0.05) is 6.07 Å². The Morgan fingerprint density at radius 3 is 2.94 bits per heavy atom. The number of hydrogen-bond acceptors (Lipinski definition) is 2. The van der Waals surface area contributed by atoms with E-state index in [2.05, 4.69) is 17.6 Å². The molecule has 2 rings (SSSR count). The molecule has 1 amide bonds. The van der Waals surface area contributed by atoms with Gasteiger partial charge in [0.1, 0.15) is 5.82 Å². The van der Waals surface area contributed by atoms with E-state index in [-0.39, 0.29) is 17.8 Å². The molecule has 0 aromatic heterocycles. The van der Waals surface area contributed by atoms with Crippen LogP contribution in [0.4, 0.5) is 4.39 Å². The second-order valence-electron chi connectivity index (χ2n) is 5.01. The summed E-state index contributed by atoms with van der Waals surface area (Å²) in [6, 6.07) is 5.19. The van der Waals surface area contributed by atoms with Crippen LogP contribution in [0.2, 0.25) is 0 Å². The van der Waals surface area contributed by atoms with Crippen molar-refractivity contribution in [2.75, 3.05) is 6.54 Å². The molecular weight excluding hydrogens is 231 g/mol. The molecule has 1 saturated heterocycles. The van der Waals surface area contributed by atoms with Gasteiger partial charge in [0.05, 0.1) is 0 Å². The van der Waals surface area contributed by atoms with Crippen LogP contribution < -0.4 is 10.6 Å². The summed E-state index contributed by atoms with van der Waals surface area (Å²) < 4.78 is 13.4. The molecule has 1 heterocycles. The molecule has 0 saturated carbocycles.